The van der Waals surface area contributed by atoms with Gasteiger partial charge in [-0.15, -0.1) is 0 Å². The van der Waals surface area contributed by atoms with Crippen LogP contribution in [0.4, 0.5) is 0 Å². The van der Waals surface area contributed by atoms with Gasteiger partial charge in [-0.3, -0.25) is 14.5 Å². The average Bonchev–Trinajstić information content (AvgIpc) is 2.79. The lowest BCUT2D eigenvalue weighted by atomic mass is 9.99. The van der Waals surface area contributed by atoms with E-state index >= 15 is 0 Å². The number of aliphatic carboxylic acids is 1. The van der Waals surface area contributed by atoms with E-state index in [1.807, 2.05) is 43.0 Å². The molecule has 0 aromatic heterocycles. The summed E-state index contributed by atoms with van der Waals surface area (Å²) in [5, 5.41) is 12.0. The molecule has 1 aromatic rings. The number of amides is 1. The van der Waals surface area contributed by atoms with E-state index in [9.17, 15) is 9.59 Å². The Morgan fingerprint density at radius 1 is 1.29 bits per heavy atom. The van der Waals surface area contributed by atoms with Crippen LogP contribution in [0.15, 0.2) is 24.3 Å². The van der Waals surface area contributed by atoms with Gasteiger partial charge in [0.1, 0.15) is 0 Å². The largest absolute Gasteiger partial charge is 0.481 e. The second kappa shape index (κ2) is 6.72. The molecule has 1 amide bonds. The van der Waals surface area contributed by atoms with Crippen molar-refractivity contribution in [2.75, 3.05) is 19.6 Å². The lowest BCUT2D eigenvalue weighted by Crippen LogP contribution is -2.36. The van der Waals surface area contributed by atoms with E-state index in [1.165, 1.54) is 5.56 Å². The zero-order valence-electron chi connectivity index (χ0n) is 12.5. The fraction of sp³-hybridized carbons (Fsp3) is 0.500. The van der Waals surface area contributed by atoms with Crippen LogP contribution in [0.2, 0.25) is 0 Å². The topological polar surface area (TPSA) is 69.6 Å². The highest BCUT2D eigenvalue weighted by Gasteiger charge is 2.35. The second-order valence-corrected chi connectivity index (χ2v) is 5.88. The molecule has 1 heterocycles. The Hall–Kier alpha value is -1.88. The van der Waals surface area contributed by atoms with E-state index in [1.54, 1.807) is 0 Å². The van der Waals surface area contributed by atoms with Gasteiger partial charge >= 0.3 is 5.97 Å². The Morgan fingerprint density at radius 2 is 1.95 bits per heavy atom. The van der Waals surface area contributed by atoms with Crippen LogP contribution in [0.3, 0.4) is 0 Å². The predicted octanol–water partition coefficient (Wildman–Crippen LogP) is 1.26. The number of carbonyl (C=O) groups excluding carboxylic acids is 1. The zero-order chi connectivity index (χ0) is 15.4. The average molecular weight is 290 g/mol. The number of carbonyl (C=O) groups is 2. The number of rotatable bonds is 5. The summed E-state index contributed by atoms with van der Waals surface area (Å²) in [6.45, 7) is 5.83. The first-order valence-corrected chi connectivity index (χ1v) is 7.23. The summed E-state index contributed by atoms with van der Waals surface area (Å²) in [7, 11) is 0. The summed E-state index contributed by atoms with van der Waals surface area (Å²) >= 11 is 0. The number of nitrogens with one attached hydrogen (secondary N) is 1. The summed E-state index contributed by atoms with van der Waals surface area (Å²) in [4.78, 5) is 24.9. The second-order valence-electron chi connectivity index (χ2n) is 5.88. The zero-order valence-corrected chi connectivity index (χ0v) is 12.5. The molecule has 5 nitrogen and oxygen atoms in total. The SMILES string of the molecule is Cc1ccc(CNC(=O)CN2CC(C)C(C(=O)O)C2)cc1. The summed E-state index contributed by atoms with van der Waals surface area (Å²) in [6.07, 6.45) is 0. The quantitative estimate of drug-likeness (QED) is 0.856. The van der Waals surface area contributed by atoms with Crippen LogP contribution in [-0.4, -0.2) is 41.5 Å². The molecule has 1 aliphatic heterocycles. The minimum absolute atomic E-state index is 0.0613. The van der Waals surface area contributed by atoms with E-state index in [4.69, 9.17) is 5.11 Å². The van der Waals surface area contributed by atoms with Crippen LogP contribution in [0.1, 0.15) is 18.1 Å². The number of aryl methyl sites for hydroxylation is 1. The van der Waals surface area contributed by atoms with Gasteiger partial charge in [0.2, 0.25) is 5.91 Å². The maximum Gasteiger partial charge on any atom is 0.308 e. The molecule has 2 N–H and O–H groups in total. The number of carboxylic acids is 1. The van der Waals surface area contributed by atoms with E-state index in [0.29, 0.717) is 19.6 Å². The summed E-state index contributed by atoms with van der Waals surface area (Å²) < 4.78 is 0. The van der Waals surface area contributed by atoms with Gasteiger partial charge in [-0.1, -0.05) is 36.8 Å². The third kappa shape index (κ3) is 4.29. The number of hydrogen-bond acceptors (Lipinski definition) is 3. The fourth-order valence-electron chi connectivity index (χ4n) is 2.68. The molecule has 0 bridgehead atoms. The van der Waals surface area contributed by atoms with E-state index in [0.717, 1.165) is 5.56 Å². The first-order chi connectivity index (χ1) is 9.95. The van der Waals surface area contributed by atoms with Crippen molar-refractivity contribution in [2.45, 2.75) is 20.4 Å². The molecule has 2 unspecified atom stereocenters. The monoisotopic (exact) mass is 290 g/mol. The minimum Gasteiger partial charge on any atom is -0.481 e. The maximum atomic E-state index is 11.9. The molecule has 0 aliphatic carbocycles. The normalized spacial score (nSPS) is 22.2. The molecule has 2 rings (SSSR count). The Morgan fingerprint density at radius 3 is 2.52 bits per heavy atom. The van der Waals surface area contributed by atoms with Gasteiger partial charge in [0.15, 0.2) is 0 Å². The Bertz CT molecular complexity index is 513. The van der Waals surface area contributed by atoms with Crippen LogP contribution in [0.25, 0.3) is 0 Å². The van der Waals surface area contributed by atoms with Crippen molar-refractivity contribution in [1.82, 2.24) is 10.2 Å². The van der Waals surface area contributed by atoms with Gasteiger partial charge < -0.3 is 10.4 Å². The summed E-state index contributed by atoms with van der Waals surface area (Å²) in [5.41, 5.74) is 2.25. The molecule has 21 heavy (non-hydrogen) atoms. The third-order valence-electron chi connectivity index (χ3n) is 3.98. The number of nitrogens with zero attached hydrogens (tertiary/aromatic N) is 1. The van der Waals surface area contributed by atoms with Crippen LogP contribution in [0.5, 0.6) is 0 Å². The summed E-state index contributed by atoms with van der Waals surface area (Å²) in [6, 6.07) is 8.02. The van der Waals surface area contributed by atoms with Gasteiger partial charge in [-0.05, 0) is 18.4 Å². The van der Waals surface area contributed by atoms with Gasteiger partial charge in [-0.25, -0.2) is 0 Å². The number of benzene rings is 1. The van der Waals surface area contributed by atoms with E-state index < -0.39 is 5.97 Å². The van der Waals surface area contributed by atoms with Crippen molar-refractivity contribution in [3.05, 3.63) is 35.4 Å². The molecular weight excluding hydrogens is 268 g/mol. The molecular formula is C16H22N2O3. The maximum absolute atomic E-state index is 11.9. The lowest BCUT2D eigenvalue weighted by molar-refractivity contribution is -0.142. The first kappa shape index (κ1) is 15.5. The molecule has 114 valence electrons. The highest BCUT2D eigenvalue weighted by atomic mass is 16.4. The Labute approximate surface area is 125 Å². The van der Waals surface area contributed by atoms with Crippen molar-refractivity contribution < 1.29 is 14.7 Å². The van der Waals surface area contributed by atoms with E-state index in [-0.39, 0.29) is 24.3 Å². The van der Waals surface area contributed by atoms with Crippen LogP contribution >= 0.6 is 0 Å². The smallest absolute Gasteiger partial charge is 0.308 e. The number of hydrogen-bond donors (Lipinski definition) is 2. The highest BCUT2D eigenvalue weighted by molar-refractivity contribution is 5.78. The molecule has 0 saturated carbocycles. The standard InChI is InChI=1S/C16H22N2O3/c1-11-3-5-13(6-4-11)7-17-15(19)10-18-8-12(2)14(9-18)16(20)21/h3-6,12,14H,7-10H2,1-2H3,(H,17,19)(H,20,21). The number of carboxylic acid groups (broad SMARTS) is 1. The molecule has 1 aromatic carbocycles. The Balaban J connectivity index is 1.77. The summed E-state index contributed by atoms with van der Waals surface area (Å²) in [5.74, 6) is -1.11. The molecule has 1 saturated heterocycles. The molecule has 5 heteroatoms. The minimum atomic E-state index is -0.773. The van der Waals surface area contributed by atoms with Gasteiger partial charge in [0, 0.05) is 19.6 Å². The lowest BCUT2D eigenvalue weighted by Gasteiger charge is -2.15. The van der Waals surface area contributed by atoms with Crippen molar-refractivity contribution in [3.63, 3.8) is 0 Å². The van der Waals surface area contributed by atoms with Crippen molar-refractivity contribution in [1.29, 1.82) is 0 Å². The van der Waals surface area contributed by atoms with Gasteiger partial charge in [0.05, 0.1) is 12.5 Å². The van der Waals surface area contributed by atoms with Crippen molar-refractivity contribution >= 4 is 11.9 Å². The number of likely N-dealkylation sites (tertiary alicyclic amines) is 1. The molecule has 1 aliphatic rings. The predicted molar refractivity (Wildman–Crippen MR) is 79.8 cm³/mol. The molecule has 0 spiro atoms. The van der Waals surface area contributed by atoms with Gasteiger partial charge in [-0.2, -0.15) is 0 Å². The first-order valence-electron chi connectivity index (χ1n) is 7.23. The molecule has 2 atom stereocenters. The van der Waals surface area contributed by atoms with E-state index in [2.05, 4.69) is 5.32 Å². The fourth-order valence-corrected chi connectivity index (χ4v) is 2.68. The van der Waals surface area contributed by atoms with Crippen molar-refractivity contribution in [3.8, 4) is 0 Å². The Kier molecular flexibility index (Phi) is 4.96. The highest BCUT2D eigenvalue weighted by Crippen LogP contribution is 2.22. The third-order valence-corrected chi connectivity index (χ3v) is 3.98. The van der Waals surface area contributed by atoms with Crippen LogP contribution in [-0.2, 0) is 16.1 Å². The van der Waals surface area contributed by atoms with Crippen LogP contribution < -0.4 is 5.32 Å². The van der Waals surface area contributed by atoms with Crippen molar-refractivity contribution in [2.24, 2.45) is 11.8 Å². The van der Waals surface area contributed by atoms with Crippen LogP contribution in [0, 0.1) is 18.8 Å². The molecule has 0 radical (unpaired) electrons. The van der Waals surface area contributed by atoms with Gasteiger partial charge in [0.25, 0.3) is 0 Å². The molecule has 1 fully saturated rings.